The van der Waals surface area contributed by atoms with E-state index in [0.29, 0.717) is 16.7 Å². The van der Waals surface area contributed by atoms with Crippen LogP contribution in [0.1, 0.15) is 32.6 Å². The van der Waals surface area contributed by atoms with Crippen molar-refractivity contribution in [2.75, 3.05) is 0 Å². The van der Waals surface area contributed by atoms with Gasteiger partial charge in [0.25, 0.3) is 0 Å². The van der Waals surface area contributed by atoms with E-state index in [-0.39, 0.29) is 12.2 Å². The number of ketones is 1. The summed E-state index contributed by atoms with van der Waals surface area (Å²) in [6.07, 6.45) is -1.41. The highest BCUT2D eigenvalue weighted by Crippen LogP contribution is 2.21. The quantitative estimate of drug-likeness (QED) is 0.832. The van der Waals surface area contributed by atoms with E-state index in [1.54, 1.807) is 24.3 Å². The molecule has 0 saturated carbocycles. The van der Waals surface area contributed by atoms with Crippen LogP contribution < -0.4 is 0 Å². The Bertz CT molecular complexity index is 681. The lowest BCUT2D eigenvalue weighted by Crippen LogP contribution is -2.22. The standard InChI is InChI=1S/C18H18O4/c1-11-8-13(10-15(19)18(21)22)9-12(2)16(11)17(20)14-6-4-3-5-7-14/h3-9,15,19H,10H2,1-2H3,(H,21,22). The van der Waals surface area contributed by atoms with Gasteiger partial charge in [-0.25, -0.2) is 4.79 Å². The number of hydrogen-bond donors (Lipinski definition) is 2. The second-order valence-corrected chi connectivity index (χ2v) is 5.36. The van der Waals surface area contributed by atoms with Crippen molar-refractivity contribution in [2.24, 2.45) is 0 Å². The van der Waals surface area contributed by atoms with Crippen LogP contribution in [0.5, 0.6) is 0 Å². The zero-order valence-electron chi connectivity index (χ0n) is 12.5. The van der Waals surface area contributed by atoms with Crippen molar-refractivity contribution in [3.8, 4) is 0 Å². The number of hydrogen-bond acceptors (Lipinski definition) is 3. The lowest BCUT2D eigenvalue weighted by atomic mass is 9.91. The molecule has 0 saturated heterocycles. The lowest BCUT2D eigenvalue weighted by Gasteiger charge is -2.13. The van der Waals surface area contributed by atoms with Crippen molar-refractivity contribution in [3.05, 3.63) is 70.3 Å². The molecule has 0 aromatic heterocycles. The Morgan fingerprint density at radius 1 is 1.05 bits per heavy atom. The molecule has 2 aromatic rings. The molecule has 0 bridgehead atoms. The smallest absolute Gasteiger partial charge is 0.332 e. The SMILES string of the molecule is Cc1cc(CC(O)C(=O)O)cc(C)c1C(=O)c1ccccc1. The van der Waals surface area contributed by atoms with Gasteiger partial charge in [0.1, 0.15) is 0 Å². The first-order chi connectivity index (χ1) is 10.4. The summed E-state index contributed by atoms with van der Waals surface area (Å²) in [6.45, 7) is 3.64. The molecular formula is C18H18O4. The molecule has 0 fully saturated rings. The zero-order valence-corrected chi connectivity index (χ0v) is 12.5. The fourth-order valence-electron chi connectivity index (χ4n) is 2.57. The number of aryl methyl sites for hydroxylation is 2. The van der Waals surface area contributed by atoms with Crippen LogP contribution in [0.15, 0.2) is 42.5 Å². The molecule has 2 aromatic carbocycles. The minimum atomic E-state index is -1.44. The Kier molecular flexibility index (Phi) is 4.73. The monoisotopic (exact) mass is 298 g/mol. The molecule has 0 aliphatic heterocycles. The molecule has 0 amide bonds. The average molecular weight is 298 g/mol. The van der Waals surface area contributed by atoms with E-state index in [0.717, 1.165) is 11.1 Å². The third-order valence-electron chi connectivity index (χ3n) is 3.57. The van der Waals surface area contributed by atoms with Gasteiger partial charge in [-0.3, -0.25) is 4.79 Å². The predicted octanol–water partition coefficient (Wildman–Crippen LogP) is 2.52. The molecule has 1 unspecified atom stereocenters. The van der Waals surface area contributed by atoms with Crippen LogP contribution in [0, 0.1) is 13.8 Å². The third-order valence-corrected chi connectivity index (χ3v) is 3.57. The van der Waals surface area contributed by atoms with Crippen LogP contribution in [-0.4, -0.2) is 28.1 Å². The van der Waals surface area contributed by atoms with E-state index in [2.05, 4.69) is 0 Å². The molecule has 0 aliphatic carbocycles. The molecule has 2 rings (SSSR count). The van der Waals surface area contributed by atoms with Crippen molar-refractivity contribution in [3.63, 3.8) is 0 Å². The first-order valence-corrected chi connectivity index (χ1v) is 7.01. The number of carbonyl (C=O) groups is 2. The fraction of sp³-hybridized carbons (Fsp3) is 0.222. The van der Waals surface area contributed by atoms with Crippen LogP contribution in [-0.2, 0) is 11.2 Å². The maximum atomic E-state index is 12.6. The summed E-state index contributed by atoms with van der Waals surface area (Å²) in [5.74, 6) is -1.30. The van der Waals surface area contributed by atoms with Gasteiger partial charge in [-0.1, -0.05) is 42.5 Å². The third kappa shape index (κ3) is 3.40. The highest BCUT2D eigenvalue weighted by molar-refractivity contribution is 6.10. The summed E-state index contributed by atoms with van der Waals surface area (Å²) in [4.78, 5) is 23.3. The fourth-order valence-corrected chi connectivity index (χ4v) is 2.57. The first-order valence-electron chi connectivity index (χ1n) is 7.01. The molecule has 0 radical (unpaired) electrons. The van der Waals surface area contributed by atoms with E-state index in [9.17, 15) is 14.7 Å². The van der Waals surface area contributed by atoms with Crippen molar-refractivity contribution in [1.82, 2.24) is 0 Å². The summed E-state index contributed by atoms with van der Waals surface area (Å²) in [5, 5.41) is 18.2. The highest BCUT2D eigenvalue weighted by Gasteiger charge is 2.18. The average Bonchev–Trinajstić information content (AvgIpc) is 2.47. The minimum absolute atomic E-state index is 0.0246. The largest absolute Gasteiger partial charge is 0.479 e. The maximum absolute atomic E-state index is 12.6. The molecule has 2 N–H and O–H groups in total. The van der Waals surface area contributed by atoms with E-state index < -0.39 is 12.1 Å². The first kappa shape index (κ1) is 15.9. The number of aliphatic carboxylic acids is 1. The van der Waals surface area contributed by atoms with Crippen molar-refractivity contribution in [2.45, 2.75) is 26.4 Å². The van der Waals surface area contributed by atoms with Gasteiger partial charge in [-0.2, -0.15) is 0 Å². The van der Waals surface area contributed by atoms with Gasteiger partial charge in [0.2, 0.25) is 0 Å². The van der Waals surface area contributed by atoms with Gasteiger partial charge in [0, 0.05) is 17.5 Å². The van der Waals surface area contributed by atoms with E-state index in [1.165, 1.54) is 0 Å². The summed E-state index contributed by atoms with van der Waals surface area (Å²) in [6, 6.07) is 12.5. The topological polar surface area (TPSA) is 74.6 Å². The van der Waals surface area contributed by atoms with Gasteiger partial charge >= 0.3 is 5.97 Å². The van der Waals surface area contributed by atoms with Crippen molar-refractivity contribution >= 4 is 11.8 Å². The Morgan fingerprint density at radius 2 is 1.59 bits per heavy atom. The van der Waals surface area contributed by atoms with Crippen LogP contribution in [0.3, 0.4) is 0 Å². The van der Waals surface area contributed by atoms with Gasteiger partial charge in [0.15, 0.2) is 11.9 Å². The van der Waals surface area contributed by atoms with Crippen LogP contribution >= 0.6 is 0 Å². The molecule has 4 heteroatoms. The van der Waals surface area contributed by atoms with Crippen LogP contribution in [0.2, 0.25) is 0 Å². The van der Waals surface area contributed by atoms with E-state index in [1.807, 2.05) is 32.0 Å². The van der Waals surface area contributed by atoms with E-state index >= 15 is 0 Å². The summed E-state index contributed by atoms with van der Waals surface area (Å²) in [7, 11) is 0. The number of rotatable bonds is 5. The summed E-state index contributed by atoms with van der Waals surface area (Å²) in [5.41, 5.74) is 3.50. The van der Waals surface area contributed by atoms with Crippen molar-refractivity contribution in [1.29, 1.82) is 0 Å². The number of aliphatic hydroxyl groups is 1. The normalized spacial score (nSPS) is 12.0. The second-order valence-electron chi connectivity index (χ2n) is 5.36. The molecular weight excluding hydrogens is 280 g/mol. The Labute approximate surface area is 129 Å². The molecule has 0 spiro atoms. The van der Waals surface area contributed by atoms with Gasteiger partial charge < -0.3 is 10.2 Å². The molecule has 4 nitrogen and oxygen atoms in total. The zero-order chi connectivity index (χ0) is 16.3. The van der Waals surface area contributed by atoms with Crippen molar-refractivity contribution < 1.29 is 19.8 Å². The van der Waals surface area contributed by atoms with Gasteiger partial charge in [-0.15, -0.1) is 0 Å². The second kappa shape index (κ2) is 6.54. The molecule has 22 heavy (non-hydrogen) atoms. The van der Waals surface area contributed by atoms with Gasteiger partial charge in [0.05, 0.1) is 0 Å². The molecule has 114 valence electrons. The lowest BCUT2D eigenvalue weighted by molar-refractivity contribution is -0.146. The Balaban J connectivity index is 2.35. The molecule has 0 heterocycles. The number of carbonyl (C=O) groups excluding carboxylic acids is 1. The molecule has 0 aliphatic rings. The Morgan fingerprint density at radius 3 is 2.09 bits per heavy atom. The maximum Gasteiger partial charge on any atom is 0.332 e. The number of carboxylic acids is 1. The highest BCUT2D eigenvalue weighted by atomic mass is 16.4. The number of carboxylic acid groups (broad SMARTS) is 1. The van der Waals surface area contributed by atoms with Crippen LogP contribution in [0.4, 0.5) is 0 Å². The summed E-state index contributed by atoms with van der Waals surface area (Å²) < 4.78 is 0. The van der Waals surface area contributed by atoms with E-state index in [4.69, 9.17) is 5.11 Å². The summed E-state index contributed by atoms with van der Waals surface area (Å²) >= 11 is 0. The molecule has 1 atom stereocenters. The minimum Gasteiger partial charge on any atom is -0.479 e. The van der Waals surface area contributed by atoms with Gasteiger partial charge in [-0.05, 0) is 30.5 Å². The number of aliphatic hydroxyl groups excluding tert-OH is 1. The predicted molar refractivity (Wildman–Crippen MR) is 83.1 cm³/mol. The Hall–Kier alpha value is -2.46. The van der Waals surface area contributed by atoms with Crippen LogP contribution in [0.25, 0.3) is 0 Å². The number of benzene rings is 2.